The number of thiophene rings is 1. The third kappa shape index (κ3) is 2.92. The van der Waals surface area contributed by atoms with E-state index in [0.29, 0.717) is 5.69 Å². The second-order valence-corrected chi connectivity index (χ2v) is 8.06. The number of carbonyl (C=O) groups excluding carboxylic acids is 1. The van der Waals surface area contributed by atoms with Crippen molar-refractivity contribution in [1.29, 1.82) is 0 Å². The van der Waals surface area contributed by atoms with Crippen LogP contribution in [0.2, 0.25) is 0 Å². The molecule has 5 rings (SSSR count). The van der Waals surface area contributed by atoms with Crippen LogP contribution in [0.25, 0.3) is 26.8 Å². The number of carbonyl (C=O) groups is 1. The van der Waals surface area contributed by atoms with Gasteiger partial charge in [0.25, 0.3) is 5.91 Å². The van der Waals surface area contributed by atoms with E-state index in [-0.39, 0.29) is 5.91 Å². The van der Waals surface area contributed by atoms with Gasteiger partial charge in [-0.3, -0.25) is 13.9 Å². The van der Waals surface area contributed by atoms with Crippen LogP contribution in [-0.4, -0.2) is 25.1 Å². The molecule has 138 valence electrons. The van der Waals surface area contributed by atoms with Gasteiger partial charge in [0, 0.05) is 30.4 Å². The van der Waals surface area contributed by atoms with Gasteiger partial charge in [0.2, 0.25) is 0 Å². The number of imidazole rings is 1. The van der Waals surface area contributed by atoms with Crippen molar-refractivity contribution in [3.8, 4) is 21.8 Å². The summed E-state index contributed by atoms with van der Waals surface area (Å²) in [4.78, 5) is 19.5. The monoisotopic (exact) mass is 405 g/mol. The smallest absolute Gasteiger partial charge is 0.273 e. The van der Waals surface area contributed by atoms with E-state index in [4.69, 9.17) is 0 Å². The number of amides is 1. The quantitative estimate of drug-likeness (QED) is 0.468. The minimum Gasteiger partial charge on any atom is -0.320 e. The SMILES string of the molecule is Cn1nc(-c2cccs2)cc1C(=O)Nc1ccccc1-c1cn2ccsc2n1. The molecule has 0 aliphatic heterocycles. The Hall–Kier alpha value is -3.23. The molecule has 0 bridgehead atoms. The number of anilines is 1. The number of nitrogens with one attached hydrogen (secondary N) is 1. The van der Waals surface area contributed by atoms with Gasteiger partial charge < -0.3 is 5.32 Å². The van der Waals surface area contributed by atoms with E-state index >= 15 is 0 Å². The topological polar surface area (TPSA) is 64.2 Å². The van der Waals surface area contributed by atoms with Crippen LogP contribution in [0.3, 0.4) is 0 Å². The van der Waals surface area contributed by atoms with E-state index in [1.807, 2.05) is 70.0 Å². The standard InChI is InChI=1S/C20H15N5OS2/c1-24-17(11-15(23-24)18-7-4-9-27-18)19(26)21-14-6-3-2-5-13(14)16-12-25-8-10-28-20(25)22-16/h2-12H,1H3,(H,21,26). The van der Waals surface area contributed by atoms with Gasteiger partial charge in [0.1, 0.15) is 11.4 Å². The fourth-order valence-corrected chi connectivity index (χ4v) is 4.46. The first-order chi connectivity index (χ1) is 13.7. The lowest BCUT2D eigenvalue weighted by Gasteiger charge is -2.09. The Balaban J connectivity index is 1.47. The predicted molar refractivity (Wildman–Crippen MR) is 113 cm³/mol. The van der Waals surface area contributed by atoms with Crippen LogP contribution >= 0.6 is 22.7 Å². The number of aromatic nitrogens is 4. The molecule has 0 aliphatic carbocycles. The molecule has 5 aromatic rings. The summed E-state index contributed by atoms with van der Waals surface area (Å²) in [6.07, 6.45) is 3.94. The lowest BCUT2D eigenvalue weighted by atomic mass is 10.1. The van der Waals surface area contributed by atoms with Gasteiger partial charge in [-0.25, -0.2) is 4.98 Å². The molecule has 0 unspecified atom stereocenters. The number of nitrogens with zero attached hydrogens (tertiary/aromatic N) is 4. The number of thiazole rings is 1. The van der Waals surface area contributed by atoms with E-state index in [1.54, 1.807) is 34.4 Å². The summed E-state index contributed by atoms with van der Waals surface area (Å²) in [7, 11) is 1.78. The molecule has 1 N–H and O–H groups in total. The van der Waals surface area contributed by atoms with Crippen LogP contribution in [-0.2, 0) is 7.05 Å². The second kappa shape index (κ2) is 6.74. The average molecular weight is 406 g/mol. The van der Waals surface area contributed by atoms with Gasteiger partial charge in [-0.15, -0.1) is 22.7 Å². The molecule has 0 fully saturated rings. The fourth-order valence-electron chi connectivity index (χ4n) is 3.08. The van der Waals surface area contributed by atoms with E-state index in [2.05, 4.69) is 15.4 Å². The number of hydrogen-bond donors (Lipinski definition) is 1. The molecule has 1 amide bonds. The molecular formula is C20H15N5OS2. The zero-order valence-corrected chi connectivity index (χ0v) is 16.5. The summed E-state index contributed by atoms with van der Waals surface area (Å²) in [5, 5.41) is 11.5. The summed E-state index contributed by atoms with van der Waals surface area (Å²) in [6.45, 7) is 0. The molecule has 0 saturated heterocycles. The third-order valence-electron chi connectivity index (χ3n) is 4.43. The summed E-state index contributed by atoms with van der Waals surface area (Å²) >= 11 is 3.18. The van der Waals surface area contributed by atoms with Crippen LogP contribution in [0.5, 0.6) is 0 Å². The largest absolute Gasteiger partial charge is 0.320 e. The zero-order chi connectivity index (χ0) is 19.1. The highest BCUT2D eigenvalue weighted by Gasteiger charge is 2.17. The van der Waals surface area contributed by atoms with Gasteiger partial charge >= 0.3 is 0 Å². The van der Waals surface area contributed by atoms with Crippen molar-refractivity contribution in [1.82, 2.24) is 19.2 Å². The van der Waals surface area contributed by atoms with E-state index in [9.17, 15) is 4.79 Å². The number of aryl methyl sites for hydroxylation is 1. The van der Waals surface area contributed by atoms with Crippen molar-refractivity contribution >= 4 is 39.2 Å². The van der Waals surface area contributed by atoms with E-state index < -0.39 is 0 Å². The number of rotatable bonds is 4. The highest BCUT2D eigenvalue weighted by molar-refractivity contribution is 7.15. The number of benzene rings is 1. The molecule has 4 aromatic heterocycles. The number of fused-ring (bicyclic) bond motifs is 1. The van der Waals surface area contributed by atoms with Crippen LogP contribution in [0.15, 0.2) is 65.6 Å². The highest BCUT2D eigenvalue weighted by Crippen LogP contribution is 2.29. The van der Waals surface area contributed by atoms with Gasteiger partial charge in [-0.1, -0.05) is 24.3 Å². The minimum atomic E-state index is -0.203. The number of hydrogen-bond acceptors (Lipinski definition) is 5. The Labute approximate surface area is 168 Å². The van der Waals surface area contributed by atoms with Crippen LogP contribution < -0.4 is 5.32 Å². The molecule has 0 spiro atoms. The van der Waals surface area contributed by atoms with Crippen molar-refractivity contribution < 1.29 is 4.79 Å². The van der Waals surface area contributed by atoms with Crippen molar-refractivity contribution in [3.05, 3.63) is 71.3 Å². The Kier molecular flexibility index (Phi) is 4.07. The molecule has 0 saturated carbocycles. The van der Waals surface area contributed by atoms with Gasteiger partial charge in [-0.05, 0) is 23.6 Å². The highest BCUT2D eigenvalue weighted by atomic mass is 32.1. The van der Waals surface area contributed by atoms with Crippen LogP contribution in [0.4, 0.5) is 5.69 Å². The molecule has 8 heteroatoms. The minimum absolute atomic E-state index is 0.203. The van der Waals surface area contributed by atoms with Crippen molar-refractivity contribution in [2.75, 3.05) is 5.32 Å². The van der Waals surface area contributed by atoms with Crippen molar-refractivity contribution in [2.45, 2.75) is 0 Å². The third-order valence-corrected chi connectivity index (χ3v) is 6.09. The zero-order valence-electron chi connectivity index (χ0n) is 14.9. The maximum Gasteiger partial charge on any atom is 0.273 e. The second-order valence-electron chi connectivity index (χ2n) is 6.23. The van der Waals surface area contributed by atoms with E-state index in [0.717, 1.165) is 32.5 Å². The summed E-state index contributed by atoms with van der Waals surface area (Å²) in [5.74, 6) is -0.203. The molecule has 0 aliphatic rings. The molecule has 0 atom stereocenters. The maximum absolute atomic E-state index is 12.9. The van der Waals surface area contributed by atoms with Gasteiger partial charge in [0.05, 0.1) is 16.3 Å². The molecule has 4 heterocycles. The summed E-state index contributed by atoms with van der Waals surface area (Å²) in [5.41, 5.74) is 3.73. The van der Waals surface area contributed by atoms with Gasteiger partial charge in [0.15, 0.2) is 4.96 Å². The average Bonchev–Trinajstić information content (AvgIpc) is 3.45. The molecule has 6 nitrogen and oxygen atoms in total. The Bertz CT molecular complexity index is 1250. The van der Waals surface area contributed by atoms with E-state index in [1.165, 1.54) is 0 Å². The van der Waals surface area contributed by atoms with Crippen molar-refractivity contribution in [3.63, 3.8) is 0 Å². The molecular weight excluding hydrogens is 390 g/mol. The van der Waals surface area contributed by atoms with Gasteiger partial charge in [-0.2, -0.15) is 5.10 Å². The first kappa shape index (κ1) is 16.9. The first-order valence-electron chi connectivity index (χ1n) is 8.60. The Morgan fingerprint density at radius 1 is 1.07 bits per heavy atom. The van der Waals surface area contributed by atoms with Crippen LogP contribution in [0, 0.1) is 0 Å². The lowest BCUT2D eigenvalue weighted by molar-refractivity contribution is 0.101. The molecule has 0 radical (unpaired) electrons. The van der Waals surface area contributed by atoms with Crippen molar-refractivity contribution in [2.24, 2.45) is 7.05 Å². The summed E-state index contributed by atoms with van der Waals surface area (Å²) in [6, 6.07) is 13.5. The normalized spacial score (nSPS) is 11.2. The Morgan fingerprint density at radius 2 is 1.96 bits per heavy atom. The Morgan fingerprint density at radius 3 is 2.79 bits per heavy atom. The lowest BCUT2D eigenvalue weighted by Crippen LogP contribution is -2.16. The predicted octanol–water partition coefficient (Wildman–Crippen LogP) is 4.78. The number of para-hydroxylation sites is 1. The fraction of sp³-hybridized carbons (Fsp3) is 0.0500. The maximum atomic E-state index is 12.9. The van der Waals surface area contributed by atoms with Crippen LogP contribution in [0.1, 0.15) is 10.5 Å². The summed E-state index contributed by atoms with van der Waals surface area (Å²) < 4.78 is 3.59. The first-order valence-corrected chi connectivity index (χ1v) is 10.4. The molecule has 1 aromatic carbocycles. The molecule has 28 heavy (non-hydrogen) atoms.